The molecule has 1 heterocycles. The number of nitrogens with zero attached hydrogens (tertiary/aromatic N) is 1. The molecule has 1 atom stereocenters. The van der Waals surface area contributed by atoms with Crippen molar-refractivity contribution in [2.24, 2.45) is 0 Å². The zero-order valence-corrected chi connectivity index (χ0v) is 9.72. The van der Waals surface area contributed by atoms with E-state index >= 15 is 0 Å². The SMILES string of the molecule is C=C1C[C@@](O)(C(F)(F)C(F)(F)F)N(C(=O)OCC)N1. The highest BCUT2D eigenvalue weighted by Crippen LogP contribution is 2.49. The molecule has 0 aromatic rings. The maximum atomic E-state index is 13.3. The predicted molar refractivity (Wildman–Crippen MR) is 51.7 cm³/mol. The van der Waals surface area contributed by atoms with E-state index in [1.54, 1.807) is 0 Å². The number of hydrogen-bond acceptors (Lipinski definition) is 4. The predicted octanol–water partition coefficient (Wildman–Crippen LogP) is 1.75. The summed E-state index contributed by atoms with van der Waals surface area (Å²) >= 11 is 0. The van der Waals surface area contributed by atoms with E-state index in [0.717, 1.165) is 0 Å². The molecular weight excluding hydrogens is 279 g/mol. The molecule has 19 heavy (non-hydrogen) atoms. The van der Waals surface area contributed by atoms with Crippen LogP contribution >= 0.6 is 0 Å². The topological polar surface area (TPSA) is 61.8 Å². The molecule has 0 radical (unpaired) electrons. The minimum Gasteiger partial charge on any atom is -0.448 e. The minimum atomic E-state index is -6.04. The van der Waals surface area contributed by atoms with Crippen molar-refractivity contribution in [3.63, 3.8) is 0 Å². The van der Waals surface area contributed by atoms with Crippen LogP contribution in [-0.2, 0) is 4.74 Å². The van der Waals surface area contributed by atoms with Crippen molar-refractivity contribution in [1.29, 1.82) is 0 Å². The Hall–Kier alpha value is -1.58. The zero-order valence-electron chi connectivity index (χ0n) is 9.72. The van der Waals surface area contributed by atoms with Gasteiger partial charge in [-0.3, -0.25) is 5.43 Å². The van der Waals surface area contributed by atoms with Crippen LogP contribution < -0.4 is 5.43 Å². The van der Waals surface area contributed by atoms with Crippen molar-refractivity contribution in [1.82, 2.24) is 10.4 Å². The average molecular weight is 290 g/mol. The van der Waals surface area contributed by atoms with Gasteiger partial charge in [0.25, 0.3) is 0 Å². The number of amides is 1. The molecule has 0 spiro atoms. The number of ether oxygens (including phenoxy) is 1. The molecule has 2 N–H and O–H groups in total. The second kappa shape index (κ2) is 4.51. The second-order valence-electron chi connectivity index (χ2n) is 3.82. The lowest BCUT2D eigenvalue weighted by Gasteiger charge is -2.37. The smallest absolute Gasteiger partial charge is 0.448 e. The number of aliphatic hydroxyl groups is 1. The Morgan fingerprint density at radius 2 is 2.05 bits per heavy atom. The number of alkyl halides is 5. The first kappa shape index (κ1) is 15.5. The molecule has 0 aromatic carbocycles. The molecule has 1 fully saturated rings. The van der Waals surface area contributed by atoms with Crippen molar-refractivity contribution in [3.8, 4) is 0 Å². The molecule has 1 aliphatic rings. The Bertz CT molecular complexity index is 398. The van der Waals surface area contributed by atoms with Gasteiger partial charge in [-0.25, -0.2) is 4.79 Å². The first-order chi connectivity index (χ1) is 8.47. The Labute approximate surface area is 104 Å². The molecular formula is C9H11F5N2O3. The molecule has 0 aliphatic carbocycles. The number of halogens is 5. The Morgan fingerprint density at radius 3 is 2.47 bits per heavy atom. The van der Waals surface area contributed by atoms with Crippen LogP contribution in [0.2, 0.25) is 0 Å². The van der Waals surface area contributed by atoms with Gasteiger partial charge >= 0.3 is 18.2 Å². The van der Waals surface area contributed by atoms with E-state index in [-0.39, 0.29) is 17.3 Å². The van der Waals surface area contributed by atoms with Crippen LogP contribution in [-0.4, -0.2) is 40.6 Å². The molecule has 0 aromatic heterocycles. The van der Waals surface area contributed by atoms with Crippen LogP contribution in [0, 0.1) is 0 Å². The summed E-state index contributed by atoms with van der Waals surface area (Å²) in [5.41, 5.74) is -2.36. The van der Waals surface area contributed by atoms with Gasteiger partial charge in [0.2, 0.25) is 5.72 Å². The summed E-state index contributed by atoms with van der Waals surface area (Å²) in [5, 5.41) is 9.31. The van der Waals surface area contributed by atoms with Gasteiger partial charge in [-0.2, -0.15) is 27.0 Å². The lowest BCUT2D eigenvalue weighted by molar-refractivity contribution is -0.364. The molecule has 0 bridgehead atoms. The van der Waals surface area contributed by atoms with Crippen molar-refractivity contribution in [3.05, 3.63) is 12.3 Å². The molecule has 1 saturated heterocycles. The van der Waals surface area contributed by atoms with Gasteiger partial charge in [0.05, 0.1) is 6.61 Å². The van der Waals surface area contributed by atoms with E-state index in [9.17, 15) is 31.9 Å². The Kier molecular flexibility index (Phi) is 3.67. The number of hydrazine groups is 1. The monoisotopic (exact) mass is 290 g/mol. The summed E-state index contributed by atoms with van der Waals surface area (Å²) in [6.07, 6.45) is -8.79. The normalized spacial score (nSPS) is 24.4. The number of hydrogen-bond donors (Lipinski definition) is 2. The van der Waals surface area contributed by atoms with E-state index in [1.165, 1.54) is 6.92 Å². The van der Waals surface area contributed by atoms with E-state index in [4.69, 9.17) is 0 Å². The quantitative estimate of drug-likeness (QED) is 0.761. The summed E-state index contributed by atoms with van der Waals surface area (Å²) < 4.78 is 68.0. The number of rotatable bonds is 2. The third-order valence-electron chi connectivity index (χ3n) is 2.41. The van der Waals surface area contributed by atoms with Crippen LogP contribution in [0.4, 0.5) is 26.7 Å². The largest absolute Gasteiger partial charge is 0.458 e. The van der Waals surface area contributed by atoms with Crippen LogP contribution in [0.15, 0.2) is 12.3 Å². The number of nitrogens with one attached hydrogen (secondary N) is 1. The number of carbonyl (C=O) groups excluding carboxylic acids is 1. The zero-order chi connectivity index (χ0) is 15.1. The fourth-order valence-electron chi connectivity index (χ4n) is 1.53. The summed E-state index contributed by atoms with van der Waals surface area (Å²) in [6, 6.07) is 0. The minimum absolute atomic E-state index is 0.267. The summed E-state index contributed by atoms with van der Waals surface area (Å²) in [5.74, 6) is -5.56. The van der Waals surface area contributed by atoms with E-state index in [1.807, 2.05) is 5.43 Å². The third-order valence-corrected chi connectivity index (χ3v) is 2.41. The van der Waals surface area contributed by atoms with Gasteiger partial charge in [-0.15, -0.1) is 0 Å². The van der Waals surface area contributed by atoms with Crippen LogP contribution in [0.5, 0.6) is 0 Å². The van der Waals surface area contributed by atoms with Gasteiger partial charge < -0.3 is 9.84 Å². The molecule has 1 aliphatic heterocycles. The van der Waals surface area contributed by atoms with E-state index in [2.05, 4.69) is 11.3 Å². The first-order valence-electron chi connectivity index (χ1n) is 5.05. The van der Waals surface area contributed by atoms with Gasteiger partial charge in [0.15, 0.2) is 0 Å². The van der Waals surface area contributed by atoms with Crippen molar-refractivity contribution in [2.75, 3.05) is 6.61 Å². The summed E-state index contributed by atoms with van der Waals surface area (Å²) in [6.45, 7) is 4.17. The highest BCUT2D eigenvalue weighted by atomic mass is 19.4. The second-order valence-corrected chi connectivity index (χ2v) is 3.82. The fourth-order valence-corrected chi connectivity index (χ4v) is 1.53. The maximum absolute atomic E-state index is 13.3. The van der Waals surface area contributed by atoms with Crippen molar-refractivity contribution >= 4 is 6.09 Å². The number of carbonyl (C=O) groups is 1. The Balaban J connectivity index is 3.19. The van der Waals surface area contributed by atoms with Crippen molar-refractivity contribution in [2.45, 2.75) is 31.2 Å². The first-order valence-corrected chi connectivity index (χ1v) is 5.05. The van der Waals surface area contributed by atoms with Gasteiger partial charge in [-0.05, 0) is 6.92 Å². The molecule has 0 saturated carbocycles. The summed E-state index contributed by atoms with van der Waals surface area (Å²) in [7, 11) is 0. The van der Waals surface area contributed by atoms with Crippen LogP contribution in [0.1, 0.15) is 13.3 Å². The van der Waals surface area contributed by atoms with Crippen molar-refractivity contribution < 1.29 is 36.6 Å². The molecule has 0 unspecified atom stereocenters. The molecule has 5 nitrogen and oxygen atoms in total. The van der Waals surface area contributed by atoms with Gasteiger partial charge in [0.1, 0.15) is 0 Å². The van der Waals surface area contributed by atoms with Gasteiger partial charge in [-0.1, -0.05) is 6.58 Å². The fraction of sp³-hybridized carbons (Fsp3) is 0.667. The van der Waals surface area contributed by atoms with E-state index < -0.39 is 30.3 Å². The molecule has 1 amide bonds. The molecule has 1 rings (SSSR count). The van der Waals surface area contributed by atoms with Crippen LogP contribution in [0.3, 0.4) is 0 Å². The Morgan fingerprint density at radius 1 is 1.53 bits per heavy atom. The summed E-state index contributed by atoms with van der Waals surface area (Å²) in [4.78, 5) is 11.3. The van der Waals surface area contributed by atoms with E-state index in [0.29, 0.717) is 0 Å². The molecule has 110 valence electrons. The van der Waals surface area contributed by atoms with Crippen LogP contribution in [0.25, 0.3) is 0 Å². The lowest BCUT2D eigenvalue weighted by atomic mass is 10.0. The highest BCUT2D eigenvalue weighted by molar-refractivity contribution is 5.69. The average Bonchev–Trinajstić information content (AvgIpc) is 2.54. The maximum Gasteiger partial charge on any atom is 0.458 e. The third kappa shape index (κ3) is 2.31. The highest BCUT2D eigenvalue weighted by Gasteiger charge is 2.75. The standard InChI is InChI=1S/C9H11F5N2O3/c1-3-19-6(17)16-7(18,4-5(2)15-16)8(10,11)9(12,13)14/h15,18H,2-4H2,1H3/t7-/m1/s1. The molecule has 10 heteroatoms. The lowest BCUT2D eigenvalue weighted by Crippen LogP contribution is -2.66. The van der Waals surface area contributed by atoms with Gasteiger partial charge in [0, 0.05) is 12.1 Å².